The van der Waals surface area contributed by atoms with Crippen LogP contribution in [0.4, 0.5) is 0 Å². The molecule has 0 radical (unpaired) electrons. The van der Waals surface area contributed by atoms with Crippen LogP contribution in [0.2, 0.25) is 0 Å². The van der Waals surface area contributed by atoms with Gasteiger partial charge in [-0.2, -0.15) is 0 Å². The number of rotatable bonds is 6. The minimum atomic E-state index is -4.29. The average molecular weight is 509 g/mol. The van der Waals surface area contributed by atoms with Gasteiger partial charge in [0.05, 0.1) is 0 Å². The Morgan fingerprint density at radius 3 is 0.974 bits per heavy atom. The summed E-state index contributed by atoms with van der Waals surface area (Å²) >= 11 is 0. The Kier molecular flexibility index (Phi) is 6.26. The van der Waals surface area contributed by atoms with Crippen LogP contribution in [-0.2, 0) is 0 Å². The Hall–Kier alpha value is -4.29. The van der Waals surface area contributed by atoms with Crippen molar-refractivity contribution >= 4 is 28.0 Å². The molecule has 0 amide bonds. The Balaban J connectivity index is 1.86. The monoisotopic (exact) mass is 508 g/mol. The molecule has 184 valence electrons. The van der Waals surface area contributed by atoms with Gasteiger partial charge < -0.3 is 0 Å². The van der Waals surface area contributed by atoms with Crippen molar-refractivity contribution in [3.63, 3.8) is 0 Å². The van der Waals surface area contributed by atoms with E-state index in [-0.39, 0.29) is 0 Å². The molecule has 0 aromatic heterocycles. The zero-order valence-electron chi connectivity index (χ0n) is 21.1. The van der Waals surface area contributed by atoms with Crippen LogP contribution in [0.25, 0.3) is 22.3 Å². The van der Waals surface area contributed by atoms with Crippen LogP contribution in [0.5, 0.6) is 0 Å². The van der Waals surface area contributed by atoms with Crippen LogP contribution in [0.1, 0.15) is 0 Å². The summed E-state index contributed by atoms with van der Waals surface area (Å²) in [7, 11) is 0. The molecule has 2 heteroatoms. The Morgan fingerprint density at radius 1 is 0.316 bits per heavy atom. The third kappa shape index (κ3) is 3.72. The maximum absolute atomic E-state index is 14.3. The fourth-order valence-electron chi connectivity index (χ4n) is 5.70. The third-order valence-corrected chi connectivity index (χ3v) is 12.7. The summed E-state index contributed by atoms with van der Waals surface area (Å²) in [4.78, 5) is 14.3. The molecule has 0 unspecified atom stereocenters. The van der Waals surface area contributed by atoms with Gasteiger partial charge in [-0.25, -0.2) is 0 Å². The van der Waals surface area contributed by atoms with Crippen molar-refractivity contribution < 1.29 is 4.89 Å². The molecular weight excluding hydrogens is 479 g/mol. The van der Waals surface area contributed by atoms with E-state index in [4.69, 9.17) is 0 Å². The van der Waals surface area contributed by atoms with Crippen molar-refractivity contribution in [2.75, 3.05) is 0 Å². The van der Waals surface area contributed by atoms with Gasteiger partial charge in [0.2, 0.25) is 0 Å². The van der Waals surface area contributed by atoms with Gasteiger partial charge in [-0.1, -0.05) is 0 Å². The maximum atomic E-state index is 14.3. The molecule has 6 aromatic rings. The molecule has 0 aliphatic carbocycles. The van der Waals surface area contributed by atoms with Gasteiger partial charge in [-0.15, -0.1) is 0 Å². The van der Waals surface area contributed by atoms with Crippen LogP contribution < -0.4 is 21.2 Å². The van der Waals surface area contributed by atoms with Crippen LogP contribution in [0, 0.1) is 0 Å². The fourth-order valence-corrected chi connectivity index (χ4v) is 11.0. The molecule has 0 spiro atoms. The van der Waals surface area contributed by atoms with Gasteiger partial charge in [0, 0.05) is 0 Å². The summed E-state index contributed by atoms with van der Waals surface area (Å²) in [6.45, 7) is -4.29. The predicted octanol–water partition coefficient (Wildman–Crippen LogP) is 7.08. The second-order valence-corrected chi connectivity index (χ2v) is 13.6. The van der Waals surface area contributed by atoms with Crippen molar-refractivity contribution in [3.8, 4) is 22.3 Å². The van der Waals surface area contributed by atoms with Crippen molar-refractivity contribution in [1.29, 1.82) is 0 Å². The van der Waals surface area contributed by atoms with Crippen LogP contribution in [0.15, 0.2) is 170 Å². The van der Waals surface area contributed by atoms with Crippen molar-refractivity contribution in [2.24, 2.45) is 0 Å². The molecule has 0 fully saturated rings. The molecule has 0 aliphatic rings. The Bertz CT molecular complexity index is 1540. The normalized spacial score (nSPS) is 12.4. The first-order valence-corrected chi connectivity index (χ1v) is 15.1. The summed E-state index contributed by atoms with van der Waals surface area (Å²) in [6.07, 6.45) is 0. The second kappa shape index (κ2) is 9.88. The van der Waals surface area contributed by atoms with Gasteiger partial charge in [-0.05, 0) is 0 Å². The summed E-state index contributed by atoms with van der Waals surface area (Å²) < 4.78 is 0. The molecular formula is C36H29OP. The van der Waals surface area contributed by atoms with Crippen LogP contribution in [-0.4, -0.2) is 4.89 Å². The van der Waals surface area contributed by atoms with Crippen LogP contribution in [0.3, 0.4) is 0 Å². The first-order valence-electron chi connectivity index (χ1n) is 12.9. The summed E-state index contributed by atoms with van der Waals surface area (Å²) in [6, 6.07) is 58.1. The van der Waals surface area contributed by atoms with E-state index in [0.717, 1.165) is 43.5 Å². The summed E-state index contributed by atoms with van der Waals surface area (Å²) in [5.41, 5.74) is 4.22. The van der Waals surface area contributed by atoms with E-state index in [1.807, 2.05) is 48.5 Å². The zero-order chi connectivity index (χ0) is 25.9. The molecule has 0 aliphatic heterocycles. The van der Waals surface area contributed by atoms with E-state index < -0.39 is 6.83 Å². The van der Waals surface area contributed by atoms with Crippen molar-refractivity contribution in [3.05, 3.63) is 170 Å². The van der Waals surface area contributed by atoms with E-state index in [2.05, 4.69) is 121 Å². The summed E-state index contributed by atoms with van der Waals surface area (Å²) in [5, 5.41) is 3.70. The molecule has 6 rings (SSSR count). The third-order valence-electron chi connectivity index (χ3n) is 7.43. The molecule has 0 atom stereocenters. The van der Waals surface area contributed by atoms with Gasteiger partial charge in [0.1, 0.15) is 0 Å². The minimum absolute atomic E-state index is 0.913. The molecule has 1 nitrogen and oxygen atoms in total. The molecule has 0 bridgehead atoms. The molecule has 0 saturated carbocycles. The second-order valence-electron chi connectivity index (χ2n) is 9.51. The Labute approximate surface area is 224 Å². The molecule has 38 heavy (non-hydrogen) atoms. The number of hydrogen-bond acceptors (Lipinski definition) is 1. The van der Waals surface area contributed by atoms with E-state index in [0.29, 0.717) is 0 Å². The fraction of sp³-hybridized carbons (Fsp3) is 0. The van der Waals surface area contributed by atoms with Gasteiger partial charge >= 0.3 is 225 Å². The topological polar surface area (TPSA) is 20.2 Å². The zero-order valence-corrected chi connectivity index (χ0v) is 22.0. The van der Waals surface area contributed by atoms with E-state index in [9.17, 15) is 4.89 Å². The first-order chi connectivity index (χ1) is 18.7. The standard InChI is InChI=1S/C36H29OP/c37-38(31-21-9-3-10-22-31,32-23-11-4-12-24-32,35-27-15-13-25-33(35)29-17-5-1-6-18-29)36-28-16-14-26-34(36)30-19-7-2-8-20-30/h1-28,37H. The SMILES string of the molecule is OP(c1ccccc1)(c1ccccc1)(c1ccccc1-c1ccccc1)c1ccccc1-c1ccccc1. The number of hydrogen-bond donors (Lipinski definition) is 1. The average Bonchev–Trinajstić information content (AvgIpc) is 3.02. The van der Waals surface area contributed by atoms with Gasteiger partial charge in [0.25, 0.3) is 0 Å². The van der Waals surface area contributed by atoms with Crippen LogP contribution >= 0.6 is 6.83 Å². The van der Waals surface area contributed by atoms with E-state index >= 15 is 0 Å². The molecule has 0 heterocycles. The Morgan fingerprint density at radius 2 is 0.605 bits per heavy atom. The predicted molar refractivity (Wildman–Crippen MR) is 164 cm³/mol. The number of benzene rings is 6. The van der Waals surface area contributed by atoms with Gasteiger partial charge in [-0.3, -0.25) is 0 Å². The van der Waals surface area contributed by atoms with Crippen molar-refractivity contribution in [1.82, 2.24) is 0 Å². The summed E-state index contributed by atoms with van der Waals surface area (Å²) in [5.74, 6) is 0. The molecule has 1 N–H and O–H groups in total. The molecule has 0 saturated heterocycles. The van der Waals surface area contributed by atoms with E-state index in [1.165, 1.54) is 0 Å². The van der Waals surface area contributed by atoms with Crippen molar-refractivity contribution in [2.45, 2.75) is 0 Å². The van der Waals surface area contributed by atoms with Gasteiger partial charge in [0.15, 0.2) is 0 Å². The first kappa shape index (κ1) is 24.1. The van der Waals surface area contributed by atoms with E-state index in [1.54, 1.807) is 0 Å². The quantitative estimate of drug-likeness (QED) is 0.238. The molecule has 6 aromatic carbocycles.